The topological polar surface area (TPSA) is 45.6 Å². The number of aliphatic hydroxyl groups excluding tert-OH is 1. The van der Waals surface area contributed by atoms with Gasteiger partial charge in [-0.05, 0) is 41.3 Å². The number of aromatic nitrogens is 1. The number of pyridine rings is 1. The van der Waals surface area contributed by atoms with Crippen LogP contribution in [0, 0.1) is 0 Å². The molecule has 1 N–H and O–H groups in total. The summed E-state index contributed by atoms with van der Waals surface area (Å²) in [4.78, 5) is 5.94. The molecule has 0 amide bonds. The van der Waals surface area contributed by atoms with Gasteiger partial charge in [-0.25, -0.2) is 4.98 Å². The van der Waals surface area contributed by atoms with Gasteiger partial charge in [0, 0.05) is 36.5 Å². The molecule has 0 aliphatic carbocycles. The molecule has 0 radical (unpaired) electrons. The summed E-state index contributed by atoms with van der Waals surface area (Å²) in [6.45, 7) is 3.33. The molecule has 0 unspecified atom stereocenters. The minimum Gasteiger partial charge on any atom is -0.472 e. The van der Waals surface area contributed by atoms with Gasteiger partial charge in [-0.1, -0.05) is 37.3 Å². The van der Waals surface area contributed by atoms with Gasteiger partial charge >= 0.3 is 6.18 Å². The Morgan fingerprint density at radius 1 is 1.09 bits per heavy atom. The summed E-state index contributed by atoms with van der Waals surface area (Å²) in [6, 6.07) is 16.6. The van der Waals surface area contributed by atoms with Crippen molar-refractivity contribution in [2.24, 2.45) is 0 Å². The minimum absolute atomic E-state index is 0.0834. The van der Waals surface area contributed by atoms with Gasteiger partial charge in [-0.15, -0.1) is 0 Å². The highest BCUT2D eigenvalue weighted by molar-refractivity contribution is 5.72. The molecule has 2 heterocycles. The van der Waals surface area contributed by atoms with Gasteiger partial charge in [0.25, 0.3) is 0 Å². The lowest BCUT2D eigenvalue weighted by atomic mass is 9.96. The average Bonchev–Trinajstić information content (AvgIpc) is 3.26. The molecule has 168 valence electrons. The van der Waals surface area contributed by atoms with Crippen molar-refractivity contribution in [3.8, 4) is 17.0 Å². The van der Waals surface area contributed by atoms with E-state index in [2.05, 4.69) is 35.0 Å². The third-order valence-electron chi connectivity index (χ3n) is 5.80. The van der Waals surface area contributed by atoms with Crippen molar-refractivity contribution >= 4 is 5.69 Å². The van der Waals surface area contributed by atoms with E-state index in [1.165, 1.54) is 11.6 Å². The Bertz CT molecular complexity index is 1070. The second-order valence-electron chi connectivity index (χ2n) is 7.87. The van der Waals surface area contributed by atoms with Crippen LogP contribution in [0.3, 0.4) is 0 Å². The number of benzene rings is 2. The number of aryl methyl sites for hydroxylation is 1. The Morgan fingerprint density at radius 3 is 2.59 bits per heavy atom. The first-order valence-corrected chi connectivity index (χ1v) is 10.7. The largest absolute Gasteiger partial charge is 0.472 e. The monoisotopic (exact) mass is 442 g/mol. The lowest BCUT2D eigenvalue weighted by Crippen LogP contribution is -2.25. The summed E-state index contributed by atoms with van der Waals surface area (Å²) in [5.41, 5.74) is 4.46. The first-order chi connectivity index (χ1) is 15.4. The van der Waals surface area contributed by atoms with Crippen LogP contribution in [-0.4, -0.2) is 29.3 Å². The van der Waals surface area contributed by atoms with Crippen LogP contribution in [-0.2, 0) is 19.2 Å². The Kier molecular flexibility index (Phi) is 6.37. The maximum Gasteiger partial charge on any atom is 0.417 e. The molecule has 32 heavy (non-hydrogen) atoms. The fourth-order valence-electron chi connectivity index (χ4n) is 4.13. The number of halogens is 3. The Hall–Kier alpha value is -3.06. The third kappa shape index (κ3) is 4.72. The van der Waals surface area contributed by atoms with Gasteiger partial charge in [-0.2, -0.15) is 13.2 Å². The van der Waals surface area contributed by atoms with Crippen LogP contribution in [0.2, 0.25) is 0 Å². The summed E-state index contributed by atoms with van der Waals surface area (Å²) in [5, 5.41) is 10.0. The molecule has 0 saturated carbocycles. The fourth-order valence-corrected chi connectivity index (χ4v) is 4.13. The SMILES string of the molecule is CCc1ccccc1-c1ccc(N2CC[C@H](Oc3ccc(C(F)(F)F)cn3)C2)c(CO)c1. The maximum atomic E-state index is 12.7. The van der Waals surface area contributed by atoms with Gasteiger partial charge < -0.3 is 14.7 Å². The number of rotatable bonds is 6. The Labute approximate surface area is 185 Å². The third-order valence-corrected chi connectivity index (χ3v) is 5.80. The summed E-state index contributed by atoms with van der Waals surface area (Å²) in [5.74, 6) is 0.179. The Balaban J connectivity index is 1.48. The van der Waals surface area contributed by atoms with Crippen molar-refractivity contribution in [1.29, 1.82) is 0 Å². The van der Waals surface area contributed by atoms with Gasteiger partial charge in [-0.3, -0.25) is 0 Å². The normalized spacial score (nSPS) is 16.4. The molecular weight excluding hydrogens is 417 g/mol. The first kappa shape index (κ1) is 22.1. The minimum atomic E-state index is -4.42. The van der Waals surface area contributed by atoms with E-state index in [1.54, 1.807) is 0 Å². The molecule has 1 aliphatic heterocycles. The second-order valence-corrected chi connectivity index (χ2v) is 7.87. The smallest absolute Gasteiger partial charge is 0.417 e. The van der Waals surface area contributed by atoms with Crippen LogP contribution < -0.4 is 9.64 Å². The molecule has 4 rings (SSSR count). The standard InChI is InChI=1S/C25H25F3N2O2/c1-2-17-5-3-4-6-22(17)18-7-9-23(19(13-18)16-31)30-12-11-21(15-30)32-24-10-8-20(14-29-24)25(26,27)28/h3-10,13-14,21,31H,2,11-12,15-16H2,1H3/t21-/m0/s1. The maximum absolute atomic E-state index is 12.7. The lowest BCUT2D eigenvalue weighted by Gasteiger charge is -2.22. The van der Waals surface area contributed by atoms with E-state index in [-0.39, 0.29) is 18.6 Å². The highest BCUT2D eigenvalue weighted by Crippen LogP contribution is 2.33. The molecule has 1 saturated heterocycles. The van der Waals surface area contributed by atoms with Crippen LogP contribution in [0.15, 0.2) is 60.8 Å². The molecule has 1 atom stereocenters. The van der Waals surface area contributed by atoms with E-state index in [1.807, 2.05) is 24.3 Å². The van der Waals surface area contributed by atoms with Gasteiger partial charge in [0.1, 0.15) is 6.10 Å². The van der Waals surface area contributed by atoms with Crippen LogP contribution in [0.4, 0.5) is 18.9 Å². The first-order valence-electron chi connectivity index (χ1n) is 10.7. The van der Waals surface area contributed by atoms with E-state index in [4.69, 9.17) is 4.74 Å². The van der Waals surface area contributed by atoms with E-state index in [9.17, 15) is 18.3 Å². The van der Waals surface area contributed by atoms with Gasteiger partial charge in [0.2, 0.25) is 5.88 Å². The molecule has 0 bridgehead atoms. The van der Waals surface area contributed by atoms with E-state index < -0.39 is 11.7 Å². The summed E-state index contributed by atoms with van der Waals surface area (Å²) in [7, 11) is 0. The number of alkyl halides is 3. The van der Waals surface area contributed by atoms with Crippen molar-refractivity contribution in [3.63, 3.8) is 0 Å². The van der Waals surface area contributed by atoms with Crippen molar-refractivity contribution in [1.82, 2.24) is 4.98 Å². The molecule has 3 aromatic rings. The summed E-state index contributed by atoms with van der Waals surface area (Å²) < 4.78 is 43.9. The van der Waals surface area contributed by atoms with E-state index in [0.29, 0.717) is 13.0 Å². The zero-order chi connectivity index (χ0) is 22.7. The molecular formula is C25H25F3N2O2. The molecule has 1 fully saturated rings. The van der Waals surface area contributed by atoms with Crippen molar-refractivity contribution < 1.29 is 23.0 Å². The lowest BCUT2D eigenvalue weighted by molar-refractivity contribution is -0.137. The number of hydrogen-bond donors (Lipinski definition) is 1. The molecule has 1 aromatic heterocycles. The summed E-state index contributed by atoms with van der Waals surface area (Å²) >= 11 is 0. The van der Waals surface area contributed by atoms with Crippen LogP contribution in [0.5, 0.6) is 5.88 Å². The van der Waals surface area contributed by atoms with Crippen molar-refractivity contribution in [3.05, 3.63) is 77.5 Å². The number of anilines is 1. The van der Waals surface area contributed by atoms with Gasteiger partial charge in [0.05, 0.1) is 18.7 Å². The molecule has 7 heteroatoms. The zero-order valence-electron chi connectivity index (χ0n) is 17.8. The number of nitrogens with zero attached hydrogens (tertiary/aromatic N) is 2. The number of aliphatic hydroxyl groups is 1. The van der Waals surface area contributed by atoms with Crippen molar-refractivity contribution in [2.75, 3.05) is 18.0 Å². The predicted molar refractivity (Wildman–Crippen MR) is 118 cm³/mol. The molecule has 0 spiro atoms. The van der Waals surface area contributed by atoms with E-state index in [0.717, 1.165) is 47.6 Å². The zero-order valence-corrected chi connectivity index (χ0v) is 17.8. The number of ether oxygens (including phenoxy) is 1. The van der Waals surface area contributed by atoms with Gasteiger partial charge in [0.15, 0.2) is 0 Å². The van der Waals surface area contributed by atoms with Crippen LogP contribution in [0.25, 0.3) is 11.1 Å². The highest BCUT2D eigenvalue weighted by atomic mass is 19.4. The molecule has 4 nitrogen and oxygen atoms in total. The second kappa shape index (κ2) is 9.20. The summed E-state index contributed by atoms with van der Waals surface area (Å²) in [6.07, 6.45) is -2.17. The molecule has 1 aliphatic rings. The predicted octanol–water partition coefficient (Wildman–Crippen LogP) is 5.48. The average molecular weight is 442 g/mol. The Morgan fingerprint density at radius 2 is 1.91 bits per heavy atom. The fraction of sp³-hybridized carbons (Fsp3) is 0.320. The van der Waals surface area contributed by atoms with Crippen LogP contribution in [0.1, 0.15) is 30.0 Å². The van der Waals surface area contributed by atoms with Crippen LogP contribution >= 0.6 is 0 Å². The number of hydrogen-bond acceptors (Lipinski definition) is 4. The quantitative estimate of drug-likeness (QED) is 0.549. The van der Waals surface area contributed by atoms with E-state index >= 15 is 0 Å². The van der Waals surface area contributed by atoms with Crippen molar-refractivity contribution in [2.45, 2.75) is 38.7 Å². The molecule has 2 aromatic carbocycles. The highest BCUT2D eigenvalue weighted by Gasteiger charge is 2.31.